The van der Waals surface area contributed by atoms with Crippen LogP contribution in [0.1, 0.15) is 47.7 Å². The van der Waals surface area contributed by atoms with Crippen molar-refractivity contribution in [1.29, 1.82) is 0 Å². The van der Waals surface area contributed by atoms with E-state index in [0.717, 1.165) is 24.3 Å². The van der Waals surface area contributed by atoms with Crippen LogP contribution < -0.4 is 10.1 Å². The van der Waals surface area contributed by atoms with E-state index in [1.807, 2.05) is 33.2 Å². The van der Waals surface area contributed by atoms with Gasteiger partial charge in [-0.05, 0) is 55.9 Å². The smallest absolute Gasteiger partial charge is 0.220 e. The molecule has 2 rings (SSSR count). The van der Waals surface area contributed by atoms with E-state index >= 15 is 0 Å². The van der Waals surface area contributed by atoms with Crippen molar-refractivity contribution >= 4 is 11.7 Å². The largest absolute Gasteiger partial charge is 0.494 e. The van der Waals surface area contributed by atoms with E-state index in [1.54, 1.807) is 24.3 Å². The van der Waals surface area contributed by atoms with E-state index in [4.69, 9.17) is 4.74 Å². The lowest BCUT2D eigenvalue weighted by Crippen LogP contribution is -2.23. The second kappa shape index (κ2) is 11.2. The molecule has 0 saturated carbocycles. The lowest BCUT2D eigenvalue weighted by atomic mass is 10.1. The molecule has 0 aliphatic heterocycles. The summed E-state index contributed by atoms with van der Waals surface area (Å²) in [6.07, 6.45) is 1.32. The average molecular weight is 383 g/mol. The molecule has 1 amide bonds. The summed E-state index contributed by atoms with van der Waals surface area (Å²) < 4.78 is 5.51. The molecule has 5 nitrogen and oxygen atoms in total. The molecule has 0 aromatic heterocycles. The van der Waals surface area contributed by atoms with Crippen molar-refractivity contribution in [2.45, 2.75) is 39.3 Å². The zero-order chi connectivity index (χ0) is 20.4. The van der Waals surface area contributed by atoms with Crippen LogP contribution in [0.5, 0.6) is 5.75 Å². The predicted octanol–water partition coefficient (Wildman–Crippen LogP) is 3.82. The van der Waals surface area contributed by atoms with Crippen molar-refractivity contribution in [2.75, 3.05) is 20.7 Å². The van der Waals surface area contributed by atoms with Gasteiger partial charge in [0.25, 0.3) is 0 Å². The van der Waals surface area contributed by atoms with Crippen LogP contribution in [0.3, 0.4) is 0 Å². The molecular formula is C23H30N2O3. The van der Waals surface area contributed by atoms with Gasteiger partial charge in [-0.25, -0.2) is 0 Å². The first-order chi connectivity index (χ1) is 13.5. The molecule has 2 aromatic carbocycles. The third kappa shape index (κ3) is 7.53. The number of Topliss-reactive ketones (excluding diaryl/α,β-unsaturated/α-hetero) is 1. The van der Waals surface area contributed by atoms with Crippen LogP contribution in [0.4, 0.5) is 0 Å². The summed E-state index contributed by atoms with van der Waals surface area (Å²) in [7, 11) is 4.06. The van der Waals surface area contributed by atoms with Crippen LogP contribution in [-0.4, -0.2) is 37.3 Å². The molecule has 0 unspecified atom stereocenters. The van der Waals surface area contributed by atoms with Crippen LogP contribution >= 0.6 is 0 Å². The molecule has 0 radical (unpaired) electrons. The fourth-order valence-corrected chi connectivity index (χ4v) is 2.75. The fourth-order valence-electron chi connectivity index (χ4n) is 2.75. The predicted molar refractivity (Wildman–Crippen MR) is 111 cm³/mol. The minimum Gasteiger partial charge on any atom is -0.494 e. The van der Waals surface area contributed by atoms with Gasteiger partial charge in [-0.3, -0.25) is 9.59 Å². The number of benzene rings is 2. The van der Waals surface area contributed by atoms with Crippen LogP contribution in [0.15, 0.2) is 48.5 Å². The Morgan fingerprint density at radius 2 is 1.57 bits per heavy atom. The molecule has 0 saturated heterocycles. The SMILES string of the molecule is CCCOc1ccc(C(=O)CCC(=O)NCc2ccc(CN(C)C)cc2)cc1. The van der Waals surface area contributed by atoms with Gasteiger partial charge in [0, 0.05) is 31.5 Å². The molecule has 0 heterocycles. The highest BCUT2D eigenvalue weighted by molar-refractivity contribution is 5.98. The van der Waals surface area contributed by atoms with Gasteiger partial charge in [0.15, 0.2) is 5.78 Å². The van der Waals surface area contributed by atoms with Gasteiger partial charge in [-0.2, -0.15) is 0 Å². The minimum absolute atomic E-state index is 0.0368. The third-order valence-electron chi connectivity index (χ3n) is 4.24. The fraction of sp³-hybridized carbons (Fsp3) is 0.391. The maximum Gasteiger partial charge on any atom is 0.220 e. The van der Waals surface area contributed by atoms with Crippen molar-refractivity contribution in [1.82, 2.24) is 10.2 Å². The van der Waals surface area contributed by atoms with Crippen molar-refractivity contribution in [3.63, 3.8) is 0 Å². The highest BCUT2D eigenvalue weighted by atomic mass is 16.5. The molecule has 0 aliphatic carbocycles. The van der Waals surface area contributed by atoms with Crippen LogP contribution in [0.2, 0.25) is 0 Å². The van der Waals surface area contributed by atoms with E-state index in [2.05, 4.69) is 22.3 Å². The van der Waals surface area contributed by atoms with E-state index in [1.165, 1.54) is 5.56 Å². The molecule has 2 aromatic rings. The number of hydrogen-bond acceptors (Lipinski definition) is 4. The number of rotatable bonds is 11. The second-order valence-electron chi connectivity index (χ2n) is 7.13. The van der Waals surface area contributed by atoms with Gasteiger partial charge in [0.2, 0.25) is 5.91 Å². The van der Waals surface area contributed by atoms with E-state index in [-0.39, 0.29) is 24.5 Å². The van der Waals surface area contributed by atoms with Crippen LogP contribution in [-0.2, 0) is 17.9 Å². The number of ketones is 1. The van der Waals surface area contributed by atoms with Crippen molar-refractivity contribution in [3.8, 4) is 5.75 Å². The van der Waals surface area contributed by atoms with Gasteiger partial charge in [0.1, 0.15) is 5.75 Å². The number of nitrogens with zero attached hydrogens (tertiary/aromatic N) is 1. The van der Waals surface area contributed by atoms with Crippen molar-refractivity contribution < 1.29 is 14.3 Å². The highest BCUT2D eigenvalue weighted by Crippen LogP contribution is 2.14. The lowest BCUT2D eigenvalue weighted by Gasteiger charge is -2.10. The highest BCUT2D eigenvalue weighted by Gasteiger charge is 2.10. The molecule has 150 valence electrons. The maximum absolute atomic E-state index is 12.2. The zero-order valence-corrected chi connectivity index (χ0v) is 17.0. The van der Waals surface area contributed by atoms with E-state index in [0.29, 0.717) is 18.7 Å². The third-order valence-corrected chi connectivity index (χ3v) is 4.24. The van der Waals surface area contributed by atoms with Gasteiger partial charge >= 0.3 is 0 Å². The summed E-state index contributed by atoms with van der Waals surface area (Å²) in [5, 5.41) is 2.88. The van der Waals surface area contributed by atoms with Gasteiger partial charge in [-0.15, -0.1) is 0 Å². The lowest BCUT2D eigenvalue weighted by molar-refractivity contribution is -0.121. The van der Waals surface area contributed by atoms with E-state index in [9.17, 15) is 9.59 Å². The van der Waals surface area contributed by atoms with Gasteiger partial charge in [-0.1, -0.05) is 31.2 Å². The quantitative estimate of drug-likeness (QED) is 0.600. The first-order valence-corrected chi connectivity index (χ1v) is 9.73. The summed E-state index contributed by atoms with van der Waals surface area (Å²) in [5.41, 5.74) is 2.88. The first-order valence-electron chi connectivity index (χ1n) is 9.73. The number of carbonyl (C=O) groups excluding carboxylic acids is 2. The number of amides is 1. The molecule has 28 heavy (non-hydrogen) atoms. The molecule has 5 heteroatoms. The molecule has 0 aliphatic rings. The summed E-state index contributed by atoms with van der Waals surface area (Å²) in [6, 6.07) is 15.3. The Kier molecular flexibility index (Phi) is 8.69. The van der Waals surface area contributed by atoms with Crippen molar-refractivity contribution in [2.24, 2.45) is 0 Å². The Morgan fingerprint density at radius 1 is 0.929 bits per heavy atom. The van der Waals surface area contributed by atoms with E-state index < -0.39 is 0 Å². The Balaban J connectivity index is 1.73. The molecule has 0 atom stereocenters. The summed E-state index contributed by atoms with van der Waals surface area (Å²) >= 11 is 0. The summed E-state index contributed by atoms with van der Waals surface area (Å²) in [6.45, 7) is 4.06. The Hall–Kier alpha value is -2.66. The maximum atomic E-state index is 12.2. The second-order valence-corrected chi connectivity index (χ2v) is 7.13. The minimum atomic E-state index is -0.117. The van der Waals surface area contributed by atoms with Gasteiger partial charge in [0.05, 0.1) is 6.61 Å². The number of hydrogen-bond donors (Lipinski definition) is 1. The molecule has 0 bridgehead atoms. The molecule has 1 N–H and O–H groups in total. The van der Waals surface area contributed by atoms with Gasteiger partial charge < -0.3 is 15.0 Å². The summed E-state index contributed by atoms with van der Waals surface area (Å²) in [5.74, 6) is 0.603. The normalized spacial score (nSPS) is 10.7. The Bertz CT molecular complexity index is 752. The summed E-state index contributed by atoms with van der Waals surface area (Å²) in [4.78, 5) is 26.4. The molecule has 0 fully saturated rings. The number of nitrogens with one attached hydrogen (secondary N) is 1. The molecule has 0 spiro atoms. The Morgan fingerprint density at radius 3 is 2.18 bits per heavy atom. The van der Waals surface area contributed by atoms with Crippen molar-refractivity contribution in [3.05, 3.63) is 65.2 Å². The number of ether oxygens (including phenoxy) is 1. The standard InChI is InChI=1S/C23H30N2O3/c1-4-15-28-21-11-9-20(10-12-21)22(26)13-14-23(27)24-16-18-5-7-19(8-6-18)17-25(2)3/h5-12H,4,13-17H2,1-3H3,(H,24,27). The average Bonchev–Trinajstić information content (AvgIpc) is 2.70. The zero-order valence-electron chi connectivity index (χ0n) is 17.0. The first kappa shape index (κ1) is 21.6. The van der Waals surface area contributed by atoms with Crippen LogP contribution in [0.25, 0.3) is 0 Å². The van der Waals surface area contributed by atoms with Crippen LogP contribution in [0, 0.1) is 0 Å². The topological polar surface area (TPSA) is 58.6 Å². The Labute approximate surface area is 167 Å². The molecular weight excluding hydrogens is 352 g/mol. The number of carbonyl (C=O) groups is 2. The monoisotopic (exact) mass is 382 g/mol.